The predicted molar refractivity (Wildman–Crippen MR) is 66.8 cm³/mol. The zero-order valence-corrected chi connectivity index (χ0v) is 9.32. The molecule has 3 N–H and O–H groups in total. The van der Waals surface area contributed by atoms with Gasteiger partial charge in [-0.1, -0.05) is 6.08 Å². The van der Waals surface area contributed by atoms with Gasteiger partial charge in [-0.3, -0.25) is 0 Å². The second kappa shape index (κ2) is 6.35. The highest BCUT2D eigenvalue weighted by molar-refractivity contribution is 7.99. The third-order valence-electron chi connectivity index (χ3n) is 1.79. The molecule has 0 heterocycles. The number of nitrogens with one attached hydrogen (secondary N) is 1. The van der Waals surface area contributed by atoms with Gasteiger partial charge in [-0.25, -0.2) is 4.39 Å². The van der Waals surface area contributed by atoms with E-state index in [1.54, 1.807) is 23.9 Å². The van der Waals surface area contributed by atoms with Crippen molar-refractivity contribution in [1.82, 2.24) is 0 Å². The van der Waals surface area contributed by atoms with Crippen molar-refractivity contribution in [2.75, 3.05) is 29.1 Å². The number of hydrogen-bond acceptors (Lipinski definition) is 3. The van der Waals surface area contributed by atoms with Gasteiger partial charge in [-0.05, 0) is 18.2 Å². The average molecular weight is 226 g/mol. The molecule has 1 rings (SSSR count). The quantitative estimate of drug-likeness (QED) is 0.445. The van der Waals surface area contributed by atoms with Crippen molar-refractivity contribution in [3.8, 4) is 0 Å². The molecule has 4 heteroatoms. The van der Waals surface area contributed by atoms with E-state index in [9.17, 15) is 4.39 Å². The Bertz CT molecular complexity index is 328. The first-order valence-corrected chi connectivity index (χ1v) is 5.87. The molecule has 0 saturated heterocycles. The summed E-state index contributed by atoms with van der Waals surface area (Å²) in [5, 5.41) is 3.01. The Morgan fingerprint density at radius 3 is 3.00 bits per heavy atom. The van der Waals surface area contributed by atoms with E-state index in [4.69, 9.17) is 5.73 Å². The van der Waals surface area contributed by atoms with E-state index in [1.165, 1.54) is 6.07 Å². The topological polar surface area (TPSA) is 38.0 Å². The molecule has 0 saturated carbocycles. The van der Waals surface area contributed by atoms with Crippen molar-refractivity contribution < 1.29 is 4.39 Å². The molecule has 0 unspecified atom stereocenters. The van der Waals surface area contributed by atoms with Crippen molar-refractivity contribution in [2.24, 2.45) is 0 Å². The summed E-state index contributed by atoms with van der Waals surface area (Å²) < 4.78 is 13.3. The Morgan fingerprint density at radius 2 is 2.33 bits per heavy atom. The van der Waals surface area contributed by atoms with E-state index in [2.05, 4.69) is 11.9 Å². The Balaban J connectivity index is 2.34. The summed E-state index contributed by atoms with van der Waals surface area (Å²) in [5.41, 5.74) is 6.39. The van der Waals surface area contributed by atoms with E-state index in [-0.39, 0.29) is 5.82 Å². The monoisotopic (exact) mass is 226 g/mol. The van der Waals surface area contributed by atoms with Crippen molar-refractivity contribution in [1.29, 1.82) is 0 Å². The third kappa shape index (κ3) is 4.25. The van der Waals surface area contributed by atoms with Crippen LogP contribution in [0.15, 0.2) is 30.9 Å². The van der Waals surface area contributed by atoms with Crippen LogP contribution in [0.2, 0.25) is 0 Å². The molecule has 0 aliphatic rings. The minimum absolute atomic E-state index is 0.302. The van der Waals surface area contributed by atoms with Crippen molar-refractivity contribution in [3.05, 3.63) is 36.7 Å². The molecule has 0 aliphatic heterocycles. The molecule has 0 amide bonds. The van der Waals surface area contributed by atoms with E-state index >= 15 is 0 Å². The van der Waals surface area contributed by atoms with Gasteiger partial charge in [0.25, 0.3) is 0 Å². The van der Waals surface area contributed by atoms with Crippen LogP contribution in [0.4, 0.5) is 15.8 Å². The van der Waals surface area contributed by atoms with Gasteiger partial charge in [-0.15, -0.1) is 6.58 Å². The molecule has 2 nitrogen and oxygen atoms in total. The van der Waals surface area contributed by atoms with E-state index < -0.39 is 0 Å². The lowest BCUT2D eigenvalue weighted by Gasteiger charge is -2.07. The molecule has 1 aromatic rings. The lowest BCUT2D eigenvalue weighted by atomic mass is 10.2. The van der Waals surface area contributed by atoms with Crippen molar-refractivity contribution in [3.63, 3.8) is 0 Å². The summed E-state index contributed by atoms with van der Waals surface area (Å²) in [6.45, 7) is 4.36. The predicted octanol–water partition coefficient (Wildman–Crippen LogP) is 2.74. The van der Waals surface area contributed by atoms with Crippen molar-refractivity contribution in [2.45, 2.75) is 0 Å². The molecular weight excluding hydrogens is 211 g/mol. The Kier molecular flexibility index (Phi) is 5.04. The molecule has 0 fully saturated rings. The van der Waals surface area contributed by atoms with Crippen LogP contribution in [0.5, 0.6) is 0 Å². The molecule has 0 aromatic heterocycles. The highest BCUT2D eigenvalue weighted by atomic mass is 32.2. The van der Waals surface area contributed by atoms with E-state index in [0.29, 0.717) is 11.4 Å². The summed E-state index contributed by atoms with van der Waals surface area (Å²) in [6, 6.07) is 4.66. The van der Waals surface area contributed by atoms with Gasteiger partial charge in [0.05, 0.1) is 5.69 Å². The molecule has 0 spiro atoms. The average Bonchev–Trinajstić information content (AvgIpc) is 2.20. The number of thioether (sulfide) groups is 1. The standard InChI is InChI=1S/C11H15FN2S/c1-2-6-15-7-5-14-11-4-3-9(13)8-10(11)12/h2-4,8,14H,1,5-7,13H2. The van der Waals surface area contributed by atoms with Crippen LogP contribution in [0.3, 0.4) is 0 Å². The molecule has 82 valence electrons. The number of nitrogen functional groups attached to an aromatic ring is 1. The Morgan fingerprint density at radius 1 is 1.53 bits per heavy atom. The van der Waals surface area contributed by atoms with Gasteiger partial charge >= 0.3 is 0 Å². The van der Waals surface area contributed by atoms with Gasteiger partial charge in [-0.2, -0.15) is 11.8 Å². The molecule has 0 aliphatic carbocycles. The number of hydrogen-bond donors (Lipinski definition) is 2. The molecule has 0 atom stereocenters. The first kappa shape index (κ1) is 11.9. The molecule has 15 heavy (non-hydrogen) atoms. The highest BCUT2D eigenvalue weighted by Crippen LogP contribution is 2.16. The zero-order valence-electron chi connectivity index (χ0n) is 8.50. The highest BCUT2D eigenvalue weighted by Gasteiger charge is 2.00. The zero-order chi connectivity index (χ0) is 11.1. The molecule has 0 bridgehead atoms. The molecular formula is C11H15FN2S. The largest absolute Gasteiger partial charge is 0.399 e. The van der Waals surface area contributed by atoms with Crippen LogP contribution in [-0.4, -0.2) is 18.1 Å². The first-order valence-electron chi connectivity index (χ1n) is 4.71. The van der Waals surface area contributed by atoms with Crippen LogP contribution >= 0.6 is 11.8 Å². The number of benzene rings is 1. The summed E-state index contributed by atoms with van der Waals surface area (Å²) in [5.74, 6) is 1.55. The first-order chi connectivity index (χ1) is 7.24. The smallest absolute Gasteiger partial charge is 0.148 e. The number of rotatable bonds is 6. The van der Waals surface area contributed by atoms with Crippen LogP contribution in [0.25, 0.3) is 0 Å². The lowest BCUT2D eigenvalue weighted by molar-refractivity contribution is 0.631. The van der Waals surface area contributed by atoms with E-state index in [1.807, 2.05) is 6.08 Å². The number of nitrogens with two attached hydrogens (primary N) is 1. The summed E-state index contributed by atoms with van der Waals surface area (Å²) in [6.07, 6.45) is 1.86. The van der Waals surface area contributed by atoms with Gasteiger partial charge < -0.3 is 11.1 Å². The fraction of sp³-hybridized carbons (Fsp3) is 0.273. The normalized spacial score (nSPS) is 9.93. The number of anilines is 2. The molecule has 1 aromatic carbocycles. The number of halogens is 1. The van der Waals surface area contributed by atoms with Crippen LogP contribution < -0.4 is 11.1 Å². The van der Waals surface area contributed by atoms with Crippen LogP contribution in [-0.2, 0) is 0 Å². The summed E-state index contributed by atoms with van der Waals surface area (Å²) >= 11 is 1.75. The van der Waals surface area contributed by atoms with E-state index in [0.717, 1.165) is 18.1 Å². The van der Waals surface area contributed by atoms with Gasteiger partial charge in [0.15, 0.2) is 0 Å². The minimum Gasteiger partial charge on any atom is -0.399 e. The van der Waals surface area contributed by atoms with Crippen LogP contribution in [0, 0.1) is 5.82 Å². The maximum atomic E-state index is 13.3. The second-order valence-electron chi connectivity index (χ2n) is 3.03. The van der Waals surface area contributed by atoms with Gasteiger partial charge in [0, 0.05) is 23.7 Å². The molecule has 0 radical (unpaired) electrons. The van der Waals surface area contributed by atoms with Gasteiger partial charge in [0.1, 0.15) is 5.82 Å². The Hall–Kier alpha value is -1.16. The third-order valence-corrected chi connectivity index (χ3v) is 2.75. The van der Waals surface area contributed by atoms with Crippen molar-refractivity contribution >= 4 is 23.1 Å². The SMILES string of the molecule is C=CCSCCNc1ccc(N)cc1F. The summed E-state index contributed by atoms with van der Waals surface area (Å²) in [7, 11) is 0. The maximum absolute atomic E-state index is 13.3. The lowest BCUT2D eigenvalue weighted by Crippen LogP contribution is -2.06. The fourth-order valence-corrected chi connectivity index (χ4v) is 1.68. The Labute approximate surface area is 93.7 Å². The fourth-order valence-electron chi connectivity index (χ4n) is 1.10. The van der Waals surface area contributed by atoms with Crippen LogP contribution in [0.1, 0.15) is 0 Å². The van der Waals surface area contributed by atoms with Gasteiger partial charge in [0.2, 0.25) is 0 Å². The second-order valence-corrected chi connectivity index (χ2v) is 4.18. The maximum Gasteiger partial charge on any atom is 0.148 e. The minimum atomic E-state index is -0.302. The summed E-state index contributed by atoms with van der Waals surface area (Å²) in [4.78, 5) is 0.